The summed E-state index contributed by atoms with van der Waals surface area (Å²) in [6, 6.07) is 14.1. The van der Waals surface area contributed by atoms with Crippen LogP contribution in [0.25, 0.3) is 0 Å². The zero-order valence-electron chi connectivity index (χ0n) is 11.9. The molecule has 0 radical (unpaired) electrons. The smallest absolute Gasteiger partial charge is 0.166 e. The highest BCUT2D eigenvalue weighted by molar-refractivity contribution is 7.98. The first-order valence-electron chi connectivity index (χ1n) is 6.84. The second-order valence-electron chi connectivity index (χ2n) is 4.65. The van der Waals surface area contributed by atoms with Crippen LogP contribution >= 0.6 is 11.8 Å². The Kier molecular flexibility index (Phi) is 4.83. The summed E-state index contributed by atoms with van der Waals surface area (Å²) in [6.07, 6.45) is 1.60. The third-order valence-electron chi connectivity index (χ3n) is 2.99. The maximum absolute atomic E-state index is 14.1. The highest BCUT2D eigenvalue weighted by Crippen LogP contribution is 2.28. The van der Waals surface area contributed by atoms with Crippen molar-refractivity contribution in [2.45, 2.75) is 10.8 Å². The van der Waals surface area contributed by atoms with Crippen LogP contribution < -0.4 is 4.74 Å². The fourth-order valence-corrected chi connectivity index (χ4v) is 2.66. The van der Waals surface area contributed by atoms with Crippen molar-refractivity contribution in [2.75, 3.05) is 0 Å². The van der Waals surface area contributed by atoms with Gasteiger partial charge in [-0.05, 0) is 42.0 Å². The number of para-hydroxylation sites is 1. The molecule has 0 saturated carbocycles. The number of hydrogen-bond acceptors (Lipinski definition) is 4. The fraction of sp³-hybridized carbons (Fsp3) is 0.0588. The van der Waals surface area contributed by atoms with Gasteiger partial charge in [0.05, 0.1) is 0 Å². The van der Waals surface area contributed by atoms with Crippen LogP contribution in [0.5, 0.6) is 11.5 Å². The summed E-state index contributed by atoms with van der Waals surface area (Å²) in [5.74, 6) is -0.536. The lowest BCUT2D eigenvalue weighted by atomic mass is 10.2. The van der Waals surface area contributed by atoms with Gasteiger partial charge in [0.25, 0.3) is 0 Å². The summed E-state index contributed by atoms with van der Waals surface area (Å²) >= 11 is 1.45. The molecule has 0 unspecified atom stereocenters. The Morgan fingerprint density at radius 2 is 1.74 bits per heavy atom. The minimum Gasteiger partial charge on any atom is -0.451 e. The summed E-state index contributed by atoms with van der Waals surface area (Å²) in [5.41, 5.74) is 0.777. The molecule has 0 spiro atoms. The number of aromatic nitrogens is 2. The summed E-state index contributed by atoms with van der Waals surface area (Å²) in [7, 11) is 0. The Hall–Kier alpha value is -2.47. The molecule has 0 fully saturated rings. The first-order chi connectivity index (χ1) is 11.2. The van der Waals surface area contributed by atoms with Gasteiger partial charge in [0.2, 0.25) is 0 Å². The average Bonchev–Trinajstić information content (AvgIpc) is 2.58. The van der Waals surface area contributed by atoms with Crippen molar-refractivity contribution in [1.29, 1.82) is 0 Å². The van der Waals surface area contributed by atoms with Crippen LogP contribution in [0.2, 0.25) is 0 Å². The molecule has 116 valence electrons. The summed E-state index contributed by atoms with van der Waals surface area (Å²) in [6.45, 7) is 0. The first-order valence-corrected chi connectivity index (χ1v) is 7.82. The summed E-state index contributed by atoms with van der Waals surface area (Å²) in [4.78, 5) is 0. The van der Waals surface area contributed by atoms with E-state index in [0.717, 1.165) is 10.6 Å². The van der Waals surface area contributed by atoms with Crippen LogP contribution in [-0.4, -0.2) is 10.2 Å². The third-order valence-corrected chi connectivity index (χ3v) is 3.98. The molecular weight excluding hydrogens is 318 g/mol. The molecule has 0 aliphatic heterocycles. The van der Waals surface area contributed by atoms with Crippen molar-refractivity contribution in [1.82, 2.24) is 10.2 Å². The molecule has 6 heteroatoms. The van der Waals surface area contributed by atoms with E-state index in [4.69, 9.17) is 4.74 Å². The van der Waals surface area contributed by atoms with Crippen LogP contribution in [0.15, 0.2) is 65.8 Å². The van der Waals surface area contributed by atoms with E-state index in [1.807, 2.05) is 6.07 Å². The average molecular weight is 330 g/mol. The summed E-state index contributed by atoms with van der Waals surface area (Å²) in [5, 5.41) is 8.50. The highest BCUT2D eigenvalue weighted by Gasteiger charge is 2.09. The van der Waals surface area contributed by atoms with Crippen molar-refractivity contribution in [3.8, 4) is 11.5 Å². The normalized spacial score (nSPS) is 10.5. The Morgan fingerprint density at radius 1 is 0.913 bits per heavy atom. The highest BCUT2D eigenvalue weighted by atomic mass is 32.2. The van der Waals surface area contributed by atoms with Gasteiger partial charge in [-0.1, -0.05) is 30.0 Å². The molecule has 1 heterocycles. The maximum atomic E-state index is 14.1. The van der Waals surface area contributed by atoms with E-state index in [1.165, 1.54) is 36.0 Å². The number of hydrogen-bond donors (Lipinski definition) is 0. The van der Waals surface area contributed by atoms with Gasteiger partial charge >= 0.3 is 0 Å². The van der Waals surface area contributed by atoms with Gasteiger partial charge in [-0.15, -0.1) is 5.10 Å². The molecule has 3 aromatic rings. The van der Waals surface area contributed by atoms with E-state index in [2.05, 4.69) is 10.2 Å². The summed E-state index contributed by atoms with van der Waals surface area (Å²) < 4.78 is 32.9. The molecule has 0 bridgehead atoms. The van der Waals surface area contributed by atoms with Crippen molar-refractivity contribution in [2.24, 2.45) is 0 Å². The van der Waals surface area contributed by atoms with Crippen LogP contribution in [0.3, 0.4) is 0 Å². The number of benzene rings is 2. The Balaban J connectivity index is 1.69. The van der Waals surface area contributed by atoms with E-state index in [9.17, 15) is 8.78 Å². The number of ether oxygens (including phenoxy) is 1. The van der Waals surface area contributed by atoms with Gasteiger partial charge in [0.1, 0.15) is 5.03 Å². The van der Waals surface area contributed by atoms with Gasteiger partial charge in [-0.25, -0.2) is 8.78 Å². The zero-order valence-corrected chi connectivity index (χ0v) is 12.8. The van der Waals surface area contributed by atoms with Gasteiger partial charge in [-0.2, -0.15) is 5.10 Å². The zero-order chi connectivity index (χ0) is 16.1. The second kappa shape index (κ2) is 7.19. The number of halogens is 2. The van der Waals surface area contributed by atoms with Crippen LogP contribution in [-0.2, 0) is 5.75 Å². The predicted octanol–water partition coefficient (Wildman–Crippen LogP) is 4.84. The van der Waals surface area contributed by atoms with E-state index >= 15 is 0 Å². The third kappa shape index (κ3) is 4.04. The van der Waals surface area contributed by atoms with E-state index in [1.54, 1.807) is 30.5 Å². The SMILES string of the molecule is Fc1ccccc1Oc1ccc(CSc2cccnn2)cc1F. The Bertz CT molecular complexity index is 800. The van der Waals surface area contributed by atoms with E-state index in [-0.39, 0.29) is 11.5 Å². The topological polar surface area (TPSA) is 35.0 Å². The molecular formula is C17H12F2N2OS. The fourth-order valence-electron chi connectivity index (χ4n) is 1.88. The molecule has 1 aromatic heterocycles. The van der Waals surface area contributed by atoms with Crippen LogP contribution in [0.4, 0.5) is 8.78 Å². The number of rotatable bonds is 5. The first kappa shape index (κ1) is 15.4. The molecule has 3 nitrogen and oxygen atoms in total. The molecule has 3 rings (SSSR count). The minimum atomic E-state index is -0.537. The minimum absolute atomic E-state index is 0.00640. The lowest BCUT2D eigenvalue weighted by Gasteiger charge is -2.09. The molecule has 23 heavy (non-hydrogen) atoms. The van der Waals surface area contributed by atoms with E-state index in [0.29, 0.717) is 5.75 Å². The number of nitrogens with zero attached hydrogens (tertiary/aromatic N) is 2. The largest absolute Gasteiger partial charge is 0.451 e. The quantitative estimate of drug-likeness (QED) is 0.627. The molecule has 0 N–H and O–H groups in total. The molecule has 0 aliphatic carbocycles. The predicted molar refractivity (Wildman–Crippen MR) is 84.5 cm³/mol. The standard InChI is InChI=1S/C17H12F2N2OS/c18-13-4-1-2-5-15(13)22-16-8-7-12(10-14(16)19)11-23-17-6-3-9-20-21-17/h1-10H,11H2. The van der Waals surface area contributed by atoms with Gasteiger partial charge in [0, 0.05) is 11.9 Å². The van der Waals surface area contributed by atoms with Gasteiger partial charge in [0.15, 0.2) is 23.1 Å². The van der Waals surface area contributed by atoms with Gasteiger partial charge in [-0.3, -0.25) is 0 Å². The van der Waals surface area contributed by atoms with E-state index < -0.39 is 11.6 Å². The molecule has 0 saturated heterocycles. The molecule has 0 aliphatic rings. The maximum Gasteiger partial charge on any atom is 0.166 e. The lowest BCUT2D eigenvalue weighted by Crippen LogP contribution is -1.93. The van der Waals surface area contributed by atoms with Crippen molar-refractivity contribution < 1.29 is 13.5 Å². The number of thioether (sulfide) groups is 1. The van der Waals surface area contributed by atoms with Crippen molar-refractivity contribution in [3.05, 3.63) is 78.0 Å². The molecule has 0 amide bonds. The van der Waals surface area contributed by atoms with Crippen LogP contribution in [0, 0.1) is 11.6 Å². The second-order valence-corrected chi connectivity index (χ2v) is 5.64. The monoisotopic (exact) mass is 330 g/mol. The van der Waals surface area contributed by atoms with Crippen LogP contribution in [0.1, 0.15) is 5.56 Å². The van der Waals surface area contributed by atoms with Crippen molar-refractivity contribution >= 4 is 11.8 Å². The Morgan fingerprint density at radius 3 is 2.48 bits per heavy atom. The molecule has 2 aromatic carbocycles. The van der Waals surface area contributed by atoms with Crippen molar-refractivity contribution in [3.63, 3.8) is 0 Å². The lowest BCUT2D eigenvalue weighted by molar-refractivity contribution is 0.414. The Labute approximate surface area is 136 Å². The molecule has 0 atom stereocenters. The van der Waals surface area contributed by atoms with Gasteiger partial charge < -0.3 is 4.74 Å².